The Balaban J connectivity index is 2.59. The van der Waals surface area contributed by atoms with Gasteiger partial charge < -0.3 is 5.11 Å². The van der Waals surface area contributed by atoms with Crippen molar-refractivity contribution in [3.63, 3.8) is 0 Å². The van der Waals surface area contributed by atoms with Gasteiger partial charge in [-0.05, 0) is 17.6 Å². The van der Waals surface area contributed by atoms with Crippen LogP contribution in [0.3, 0.4) is 0 Å². The zero-order chi connectivity index (χ0) is 10.8. The molecule has 2 rings (SSSR count). The van der Waals surface area contributed by atoms with E-state index in [0.29, 0.717) is 16.3 Å². The molecule has 0 bridgehead atoms. The molecule has 2 aromatic rings. The van der Waals surface area contributed by atoms with Crippen LogP contribution in [0.15, 0.2) is 24.3 Å². The van der Waals surface area contributed by atoms with Crippen molar-refractivity contribution in [2.24, 2.45) is 0 Å². The van der Waals surface area contributed by atoms with Crippen molar-refractivity contribution < 1.29 is 9.90 Å². The lowest BCUT2D eigenvalue weighted by atomic mass is 10.1. The van der Waals surface area contributed by atoms with E-state index in [9.17, 15) is 4.79 Å². The predicted molar refractivity (Wildman–Crippen MR) is 57.3 cm³/mol. The molecule has 1 N–H and O–H groups in total. The van der Waals surface area contributed by atoms with Gasteiger partial charge in [0.2, 0.25) is 0 Å². The van der Waals surface area contributed by atoms with Crippen LogP contribution >= 0.6 is 23.1 Å². The summed E-state index contributed by atoms with van der Waals surface area (Å²) in [6, 6.07) is 6.94. The topological polar surface area (TPSA) is 63.1 Å². The van der Waals surface area contributed by atoms with Crippen molar-refractivity contribution in [2.45, 2.75) is 0 Å². The molecule has 0 aliphatic rings. The summed E-state index contributed by atoms with van der Waals surface area (Å²) in [6.07, 6.45) is 0. The lowest BCUT2D eigenvalue weighted by Gasteiger charge is -1.99. The Morgan fingerprint density at radius 3 is 2.80 bits per heavy atom. The maximum atomic E-state index is 10.9. The predicted octanol–water partition coefficient (Wildman–Crippen LogP) is 2.56. The van der Waals surface area contributed by atoms with Crippen LogP contribution in [-0.4, -0.2) is 20.7 Å². The monoisotopic (exact) mass is 240 g/mol. The first-order valence-electron chi connectivity index (χ1n) is 4.00. The van der Waals surface area contributed by atoms with Crippen LogP contribution in [0, 0.1) is 0 Å². The minimum Gasteiger partial charge on any atom is -0.477 e. The summed E-state index contributed by atoms with van der Waals surface area (Å²) in [5, 5.41) is 13.1. The molecule has 1 aromatic carbocycles. The van der Waals surface area contributed by atoms with E-state index in [1.54, 1.807) is 24.3 Å². The minimum absolute atomic E-state index is 0.100. The number of hydrogen-bond donors (Lipinski definition) is 1. The van der Waals surface area contributed by atoms with Crippen molar-refractivity contribution in [2.75, 3.05) is 0 Å². The van der Waals surface area contributed by atoms with E-state index >= 15 is 0 Å². The molecule has 0 amide bonds. The molecule has 6 heteroatoms. The fraction of sp³-hybridized carbons (Fsp3) is 0. The molecule has 0 saturated heterocycles. The lowest BCUT2D eigenvalue weighted by Crippen LogP contribution is -1.95. The third-order valence-electron chi connectivity index (χ3n) is 1.81. The van der Waals surface area contributed by atoms with Crippen molar-refractivity contribution in [1.29, 1.82) is 0 Å². The standard InChI is InChI=1S/C9H5ClN2O2S/c10-6-4-2-1-3-5(6)7-8(9(13)14)15-12-11-7/h1-4H,(H,13,14). The highest BCUT2D eigenvalue weighted by molar-refractivity contribution is 7.08. The van der Waals surface area contributed by atoms with E-state index < -0.39 is 5.97 Å². The van der Waals surface area contributed by atoms with E-state index in [0.717, 1.165) is 11.5 Å². The van der Waals surface area contributed by atoms with Crippen LogP contribution in [0.5, 0.6) is 0 Å². The van der Waals surface area contributed by atoms with Crippen molar-refractivity contribution in [3.05, 3.63) is 34.2 Å². The molecular weight excluding hydrogens is 236 g/mol. The molecular formula is C9H5ClN2O2S. The average molecular weight is 241 g/mol. The third-order valence-corrected chi connectivity index (χ3v) is 2.85. The van der Waals surface area contributed by atoms with Gasteiger partial charge in [-0.25, -0.2) is 4.79 Å². The number of nitrogens with zero attached hydrogens (tertiary/aromatic N) is 2. The number of carboxylic acids is 1. The molecule has 15 heavy (non-hydrogen) atoms. The van der Waals surface area contributed by atoms with E-state index in [-0.39, 0.29) is 4.88 Å². The second-order valence-electron chi connectivity index (χ2n) is 2.74. The molecule has 0 fully saturated rings. The highest BCUT2D eigenvalue weighted by atomic mass is 35.5. The molecule has 1 aromatic heterocycles. The Labute approximate surface area is 94.3 Å². The molecule has 1 heterocycles. The maximum Gasteiger partial charge on any atom is 0.349 e. The quantitative estimate of drug-likeness (QED) is 0.876. The Hall–Kier alpha value is -1.46. The van der Waals surface area contributed by atoms with Gasteiger partial charge in [0.25, 0.3) is 0 Å². The molecule has 0 atom stereocenters. The van der Waals surface area contributed by atoms with Crippen molar-refractivity contribution >= 4 is 29.1 Å². The van der Waals surface area contributed by atoms with Gasteiger partial charge in [-0.1, -0.05) is 34.3 Å². The summed E-state index contributed by atoms with van der Waals surface area (Å²) >= 11 is 6.78. The lowest BCUT2D eigenvalue weighted by molar-refractivity contribution is 0.0702. The molecule has 0 unspecified atom stereocenters. The molecule has 0 radical (unpaired) electrons. The SMILES string of the molecule is O=C(O)c1snnc1-c1ccccc1Cl. The summed E-state index contributed by atoms with van der Waals surface area (Å²) < 4.78 is 3.61. The Bertz CT molecular complexity index is 512. The van der Waals surface area contributed by atoms with Crippen LogP contribution in [0.2, 0.25) is 5.02 Å². The van der Waals surface area contributed by atoms with Crippen molar-refractivity contribution in [1.82, 2.24) is 9.59 Å². The van der Waals surface area contributed by atoms with Gasteiger partial charge in [-0.2, -0.15) is 0 Å². The van der Waals surface area contributed by atoms with Crippen LogP contribution in [0.4, 0.5) is 0 Å². The Kier molecular flexibility index (Phi) is 2.66. The summed E-state index contributed by atoms with van der Waals surface area (Å²) in [6.45, 7) is 0. The smallest absolute Gasteiger partial charge is 0.349 e. The molecule has 0 saturated carbocycles. The normalized spacial score (nSPS) is 10.2. The average Bonchev–Trinajstić information content (AvgIpc) is 2.67. The first-order chi connectivity index (χ1) is 7.20. The van der Waals surface area contributed by atoms with E-state index in [4.69, 9.17) is 16.7 Å². The number of benzene rings is 1. The molecule has 0 aliphatic heterocycles. The van der Waals surface area contributed by atoms with Gasteiger partial charge in [-0.15, -0.1) is 5.10 Å². The second kappa shape index (κ2) is 3.96. The highest BCUT2D eigenvalue weighted by Crippen LogP contribution is 2.29. The number of hydrogen-bond acceptors (Lipinski definition) is 4. The number of aromatic carboxylic acids is 1. The minimum atomic E-state index is -1.04. The van der Waals surface area contributed by atoms with Gasteiger partial charge in [0.05, 0.1) is 5.02 Å². The third kappa shape index (κ3) is 1.84. The first kappa shape index (κ1) is 10.1. The summed E-state index contributed by atoms with van der Waals surface area (Å²) in [5.41, 5.74) is 0.906. The molecule has 76 valence electrons. The van der Waals surface area contributed by atoms with Crippen LogP contribution in [0.1, 0.15) is 9.67 Å². The summed E-state index contributed by atoms with van der Waals surface area (Å²) in [4.78, 5) is 11.0. The zero-order valence-corrected chi connectivity index (χ0v) is 8.92. The van der Waals surface area contributed by atoms with Gasteiger partial charge in [-0.3, -0.25) is 0 Å². The Morgan fingerprint density at radius 1 is 1.40 bits per heavy atom. The summed E-state index contributed by atoms with van der Waals surface area (Å²) in [7, 11) is 0. The number of halogens is 1. The maximum absolute atomic E-state index is 10.9. The van der Waals surface area contributed by atoms with Gasteiger partial charge >= 0.3 is 5.97 Å². The zero-order valence-electron chi connectivity index (χ0n) is 7.35. The van der Waals surface area contributed by atoms with E-state index in [1.807, 2.05) is 0 Å². The van der Waals surface area contributed by atoms with Gasteiger partial charge in [0.1, 0.15) is 5.69 Å². The van der Waals surface area contributed by atoms with Gasteiger partial charge in [0.15, 0.2) is 4.88 Å². The fourth-order valence-corrected chi connectivity index (χ4v) is 1.91. The van der Waals surface area contributed by atoms with Crippen LogP contribution < -0.4 is 0 Å². The number of rotatable bonds is 2. The van der Waals surface area contributed by atoms with E-state index in [2.05, 4.69) is 9.59 Å². The molecule has 0 aliphatic carbocycles. The van der Waals surface area contributed by atoms with E-state index in [1.165, 1.54) is 0 Å². The Morgan fingerprint density at radius 2 is 2.13 bits per heavy atom. The van der Waals surface area contributed by atoms with Gasteiger partial charge in [0, 0.05) is 5.56 Å². The number of carboxylic acid groups (broad SMARTS) is 1. The first-order valence-corrected chi connectivity index (χ1v) is 5.16. The summed E-state index contributed by atoms with van der Waals surface area (Å²) in [5.74, 6) is -1.04. The van der Waals surface area contributed by atoms with Crippen LogP contribution in [0.25, 0.3) is 11.3 Å². The fourth-order valence-electron chi connectivity index (χ4n) is 1.16. The highest BCUT2D eigenvalue weighted by Gasteiger charge is 2.18. The van der Waals surface area contributed by atoms with Crippen molar-refractivity contribution in [3.8, 4) is 11.3 Å². The largest absolute Gasteiger partial charge is 0.477 e. The number of carbonyl (C=O) groups is 1. The van der Waals surface area contributed by atoms with Crippen LogP contribution in [-0.2, 0) is 0 Å². The number of aromatic nitrogens is 2. The second-order valence-corrected chi connectivity index (χ2v) is 3.90. The molecule has 0 spiro atoms. The molecule has 4 nitrogen and oxygen atoms in total.